The van der Waals surface area contributed by atoms with E-state index < -0.39 is 11.7 Å². The number of aromatic nitrogens is 1. The van der Waals surface area contributed by atoms with Crippen LogP contribution in [0.2, 0.25) is 0 Å². The Kier molecular flexibility index (Phi) is 4.76. The van der Waals surface area contributed by atoms with Crippen molar-refractivity contribution in [1.29, 1.82) is 0 Å². The molecule has 23 heavy (non-hydrogen) atoms. The van der Waals surface area contributed by atoms with Crippen molar-refractivity contribution in [2.45, 2.75) is 26.2 Å². The molecule has 0 unspecified atom stereocenters. The molecule has 0 atom stereocenters. The molecular formula is C18H22N2O3. The molecule has 2 N–H and O–H groups in total. The first kappa shape index (κ1) is 15.7. The summed E-state index contributed by atoms with van der Waals surface area (Å²) in [5.41, 5.74) is 2.05. The highest BCUT2D eigenvalue weighted by Gasteiger charge is 2.22. The van der Waals surface area contributed by atoms with Crippen LogP contribution in [0.25, 0.3) is 10.9 Å². The molecule has 1 heterocycles. The van der Waals surface area contributed by atoms with Crippen molar-refractivity contribution in [2.75, 3.05) is 19.8 Å². The van der Waals surface area contributed by atoms with Gasteiger partial charge in [-0.3, -0.25) is 9.59 Å². The van der Waals surface area contributed by atoms with E-state index in [1.807, 2.05) is 31.2 Å². The van der Waals surface area contributed by atoms with Gasteiger partial charge in [-0.15, -0.1) is 0 Å². The molecule has 1 aromatic carbocycles. The molecule has 1 aliphatic carbocycles. The molecule has 0 aliphatic heterocycles. The SMILES string of the molecule is Cc1[nH]c2ccccc2c1C(=O)C(=O)NCCCOCC1CC1. The summed E-state index contributed by atoms with van der Waals surface area (Å²) in [5.74, 6) is -0.296. The van der Waals surface area contributed by atoms with Gasteiger partial charge in [0.15, 0.2) is 0 Å². The fourth-order valence-corrected chi connectivity index (χ4v) is 2.67. The minimum Gasteiger partial charge on any atom is -0.381 e. The van der Waals surface area contributed by atoms with Gasteiger partial charge in [0.25, 0.3) is 11.7 Å². The minimum absolute atomic E-state index is 0.455. The average Bonchev–Trinajstić information content (AvgIpc) is 3.30. The smallest absolute Gasteiger partial charge is 0.292 e. The van der Waals surface area contributed by atoms with E-state index in [0.717, 1.165) is 35.5 Å². The number of rotatable bonds is 8. The van der Waals surface area contributed by atoms with Crippen LogP contribution in [0.15, 0.2) is 24.3 Å². The Bertz CT molecular complexity index is 716. The lowest BCUT2D eigenvalue weighted by Gasteiger charge is -2.05. The predicted molar refractivity (Wildman–Crippen MR) is 88.5 cm³/mol. The van der Waals surface area contributed by atoms with Gasteiger partial charge >= 0.3 is 0 Å². The summed E-state index contributed by atoms with van der Waals surface area (Å²) in [6, 6.07) is 7.51. The summed E-state index contributed by atoms with van der Waals surface area (Å²) in [6.07, 6.45) is 3.27. The van der Waals surface area contributed by atoms with Crippen LogP contribution in [0.1, 0.15) is 35.3 Å². The van der Waals surface area contributed by atoms with E-state index in [9.17, 15) is 9.59 Å². The van der Waals surface area contributed by atoms with Gasteiger partial charge in [0.05, 0.1) is 5.56 Å². The highest BCUT2D eigenvalue weighted by Crippen LogP contribution is 2.28. The number of aryl methyl sites for hydroxylation is 1. The largest absolute Gasteiger partial charge is 0.381 e. The summed E-state index contributed by atoms with van der Waals surface area (Å²) in [6.45, 7) is 3.71. The van der Waals surface area contributed by atoms with Crippen LogP contribution < -0.4 is 5.32 Å². The second-order valence-electron chi connectivity index (χ2n) is 6.13. The van der Waals surface area contributed by atoms with Gasteiger partial charge in [-0.25, -0.2) is 0 Å². The quantitative estimate of drug-likeness (QED) is 0.447. The van der Waals surface area contributed by atoms with E-state index >= 15 is 0 Å². The maximum atomic E-state index is 12.4. The molecule has 1 aliphatic rings. The van der Waals surface area contributed by atoms with E-state index in [-0.39, 0.29) is 0 Å². The molecular weight excluding hydrogens is 292 g/mol. The van der Waals surface area contributed by atoms with Crippen molar-refractivity contribution >= 4 is 22.6 Å². The topological polar surface area (TPSA) is 71.2 Å². The number of benzene rings is 1. The Labute approximate surface area is 135 Å². The molecule has 0 saturated heterocycles. The summed E-state index contributed by atoms with van der Waals surface area (Å²) in [4.78, 5) is 27.6. The van der Waals surface area contributed by atoms with Gasteiger partial charge in [-0.2, -0.15) is 0 Å². The van der Waals surface area contributed by atoms with E-state index in [1.165, 1.54) is 12.8 Å². The van der Waals surface area contributed by atoms with Gasteiger partial charge in [0.1, 0.15) is 0 Å². The van der Waals surface area contributed by atoms with Crippen molar-refractivity contribution in [3.63, 3.8) is 0 Å². The fourth-order valence-electron chi connectivity index (χ4n) is 2.67. The Morgan fingerprint density at radius 1 is 1.30 bits per heavy atom. The first-order chi connectivity index (χ1) is 11.2. The maximum Gasteiger partial charge on any atom is 0.292 e. The van der Waals surface area contributed by atoms with Crippen LogP contribution in [0.3, 0.4) is 0 Å². The molecule has 1 saturated carbocycles. The van der Waals surface area contributed by atoms with Gasteiger partial charge < -0.3 is 15.0 Å². The number of ketones is 1. The molecule has 122 valence electrons. The maximum absolute atomic E-state index is 12.4. The van der Waals surface area contributed by atoms with Crippen LogP contribution in [0.4, 0.5) is 0 Å². The summed E-state index contributed by atoms with van der Waals surface area (Å²) in [7, 11) is 0. The second-order valence-corrected chi connectivity index (χ2v) is 6.13. The first-order valence-electron chi connectivity index (χ1n) is 8.14. The van der Waals surface area contributed by atoms with Gasteiger partial charge in [-0.1, -0.05) is 18.2 Å². The number of nitrogens with one attached hydrogen (secondary N) is 2. The number of fused-ring (bicyclic) bond motifs is 1. The highest BCUT2D eigenvalue weighted by molar-refractivity contribution is 6.45. The summed E-state index contributed by atoms with van der Waals surface area (Å²) >= 11 is 0. The first-order valence-corrected chi connectivity index (χ1v) is 8.14. The van der Waals surface area contributed by atoms with E-state index in [1.54, 1.807) is 0 Å². The number of Topliss-reactive ketones (excluding diaryl/α,β-unsaturated/α-hetero) is 1. The molecule has 2 aromatic rings. The molecule has 5 nitrogen and oxygen atoms in total. The van der Waals surface area contributed by atoms with Crippen molar-refractivity contribution in [3.8, 4) is 0 Å². The van der Waals surface area contributed by atoms with E-state index in [2.05, 4.69) is 10.3 Å². The van der Waals surface area contributed by atoms with E-state index in [0.29, 0.717) is 18.7 Å². The Morgan fingerprint density at radius 3 is 2.87 bits per heavy atom. The number of hydrogen-bond donors (Lipinski definition) is 2. The zero-order valence-corrected chi connectivity index (χ0v) is 13.4. The third-order valence-corrected chi connectivity index (χ3v) is 4.13. The van der Waals surface area contributed by atoms with Crippen molar-refractivity contribution in [1.82, 2.24) is 10.3 Å². The Morgan fingerprint density at radius 2 is 2.09 bits per heavy atom. The van der Waals surface area contributed by atoms with Crippen LogP contribution >= 0.6 is 0 Å². The zero-order chi connectivity index (χ0) is 16.2. The van der Waals surface area contributed by atoms with Crippen molar-refractivity contribution in [2.24, 2.45) is 5.92 Å². The average molecular weight is 314 g/mol. The fraction of sp³-hybridized carbons (Fsp3) is 0.444. The van der Waals surface area contributed by atoms with Crippen LogP contribution in [0.5, 0.6) is 0 Å². The number of para-hydroxylation sites is 1. The summed E-state index contributed by atoms with van der Waals surface area (Å²) < 4.78 is 5.51. The molecule has 3 rings (SSSR count). The molecule has 5 heteroatoms. The molecule has 0 bridgehead atoms. The predicted octanol–water partition coefficient (Wildman–Crippen LogP) is 2.59. The second kappa shape index (κ2) is 6.96. The lowest BCUT2D eigenvalue weighted by atomic mass is 10.1. The van der Waals surface area contributed by atoms with Crippen molar-refractivity contribution < 1.29 is 14.3 Å². The standard InChI is InChI=1S/C18H22N2O3/c1-12-16(14-5-2-3-6-15(14)20-12)17(21)18(22)19-9-4-10-23-11-13-7-8-13/h2-3,5-6,13,20H,4,7-11H2,1H3,(H,19,22). The van der Waals surface area contributed by atoms with Gasteiger partial charge in [0.2, 0.25) is 0 Å². The normalized spacial score (nSPS) is 14.1. The number of hydrogen-bond acceptors (Lipinski definition) is 3. The molecule has 1 aromatic heterocycles. The lowest BCUT2D eigenvalue weighted by Crippen LogP contribution is -2.32. The molecule has 1 amide bonds. The zero-order valence-electron chi connectivity index (χ0n) is 13.4. The van der Waals surface area contributed by atoms with Gasteiger partial charge in [-0.05, 0) is 38.2 Å². The number of carbonyl (C=O) groups excluding carboxylic acids is 2. The Balaban J connectivity index is 1.52. The molecule has 1 fully saturated rings. The number of ether oxygens (including phenoxy) is 1. The summed E-state index contributed by atoms with van der Waals surface area (Å²) in [5, 5.41) is 3.47. The van der Waals surface area contributed by atoms with Gasteiger partial charge in [0, 0.05) is 36.4 Å². The van der Waals surface area contributed by atoms with Crippen LogP contribution in [-0.4, -0.2) is 36.4 Å². The van der Waals surface area contributed by atoms with Crippen LogP contribution in [-0.2, 0) is 9.53 Å². The molecule has 0 radical (unpaired) electrons. The highest BCUT2D eigenvalue weighted by atomic mass is 16.5. The lowest BCUT2D eigenvalue weighted by molar-refractivity contribution is -0.117. The monoisotopic (exact) mass is 314 g/mol. The number of H-pyrrole nitrogens is 1. The van der Waals surface area contributed by atoms with Crippen LogP contribution in [0, 0.1) is 12.8 Å². The Hall–Kier alpha value is -2.14. The van der Waals surface area contributed by atoms with E-state index in [4.69, 9.17) is 4.74 Å². The minimum atomic E-state index is -0.556. The number of carbonyl (C=O) groups is 2. The molecule has 0 spiro atoms. The third-order valence-electron chi connectivity index (χ3n) is 4.13. The number of amides is 1. The van der Waals surface area contributed by atoms with Crippen molar-refractivity contribution in [3.05, 3.63) is 35.5 Å². The third kappa shape index (κ3) is 3.79. The number of aromatic amines is 1.